The third-order valence-electron chi connectivity index (χ3n) is 3.64. The van der Waals surface area contributed by atoms with E-state index in [1.807, 2.05) is 0 Å². The van der Waals surface area contributed by atoms with Gasteiger partial charge in [-0.05, 0) is 12.1 Å². The van der Waals surface area contributed by atoms with Gasteiger partial charge in [0, 0.05) is 26.2 Å². The highest BCUT2D eigenvalue weighted by molar-refractivity contribution is 6.22. The van der Waals surface area contributed by atoms with E-state index in [4.69, 9.17) is 0 Å². The Morgan fingerprint density at radius 2 is 1.57 bits per heavy atom. The van der Waals surface area contributed by atoms with Crippen molar-refractivity contribution >= 4 is 30.1 Å². The number of rotatable bonds is 2. The van der Waals surface area contributed by atoms with Gasteiger partial charge in [0.05, 0.1) is 11.1 Å². The highest BCUT2D eigenvalue weighted by Gasteiger charge is 2.37. The van der Waals surface area contributed by atoms with Crippen molar-refractivity contribution in [3.8, 4) is 0 Å². The van der Waals surface area contributed by atoms with Crippen LogP contribution in [0.2, 0.25) is 0 Å². The van der Waals surface area contributed by atoms with Gasteiger partial charge in [0.1, 0.15) is 6.54 Å². The molecule has 3 rings (SSSR count). The third kappa shape index (κ3) is 2.77. The number of hydrogen-bond donors (Lipinski definition) is 1. The zero-order chi connectivity index (χ0) is 14.1. The molecule has 1 aromatic carbocycles. The minimum Gasteiger partial charge on any atom is -0.339 e. The number of carbonyl (C=O) groups excluding carboxylic acids is 3. The van der Waals surface area contributed by atoms with Crippen LogP contribution in [0, 0.1) is 0 Å². The fraction of sp³-hybridized carbons (Fsp3) is 0.357. The first-order valence-electron chi connectivity index (χ1n) is 6.62. The molecule has 112 valence electrons. The summed E-state index contributed by atoms with van der Waals surface area (Å²) in [7, 11) is 0. The Morgan fingerprint density at radius 3 is 2.10 bits per heavy atom. The van der Waals surface area contributed by atoms with Crippen molar-refractivity contribution < 1.29 is 14.4 Å². The van der Waals surface area contributed by atoms with Crippen molar-refractivity contribution in [1.29, 1.82) is 0 Å². The summed E-state index contributed by atoms with van der Waals surface area (Å²) in [6.45, 7) is 2.54. The molecule has 0 radical (unpaired) electrons. The molecule has 0 aromatic heterocycles. The summed E-state index contributed by atoms with van der Waals surface area (Å²) in [5, 5.41) is 3.15. The summed E-state index contributed by atoms with van der Waals surface area (Å²) < 4.78 is 0. The Bertz CT molecular complexity index is 550. The van der Waals surface area contributed by atoms with Crippen LogP contribution in [-0.2, 0) is 4.79 Å². The number of benzene rings is 1. The van der Waals surface area contributed by atoms with E-state index in [9.17, 15) is 14.4 Å². The first-order valence-corrected chi connectivity index (χ1v) is 6.62. The zero-order valence-electron chi connectivity index (χ0n) is 11.4. The SMILES string of the molecule is Cl.O=C(CN1C(=O)c2ccccc2C1=O)N1CCNCC1. The summed E-state index contributed by atoms with van der Waals surface area (Å²) in [4.78, 5) is 39.2. The molecule has 0 aliphatic carbocycles. The minimum absolute atomic E-state index is 0. The Balaban J connectivity index is 0.00000161. The molecule has 0 unspecified atom stereocenters. The maximum atomic E-state index is 12.1. The molecule has 2 heterocycles. The average molecular weight is 310 g/mol. The first-order chi connectivity index (χ1) is 9.68. The van der Waals surface area contributed by atoms with Crippen LogP contribution in [0.4, 0.5) is 0 Å². The predicted octanol–water partition coefficient (Wildman–Crippen LogP) is 0.136. The second kappa shape index (κ2) is 6.24. The van der Waals surface area contributed by atoms with Gasteiger partial charge in [0.2, 0.25) is 5.91 Å². The molecule has 7 heteroatoms. The first kappa shape index (κ1) is 15.5. The molecule has 0 atom stereocenters. The monoisotopic (exact) mass is 309 g/mol. The van der Waals surface area contributed by atoms with Crippen molar-refractivity contribution in [3.05, 3.63) is 35.4 Å². The number of fused-ring (bicyclic) bond motifs is 1. The number of imide groups is 1. The fourth-order valence-corrected chi connectivity index (χ4v) is 2.53. The smallest absolute Gasteiger partial charge is 0.262 e. The number of halogens is 1. The van der Waals surface area contributed by atoms with Crippen LogP contribution in [0.5, 0.6) is 0 Å². The van der Waals surface area contributed by atoms with Gasteiger partial charge in [-0.3, -0.25) is 19.3 Å². The highest BCUT2D eigenvalue weighted by atomic mass is 35.5. The Morgan fingerprint density at radius 1 is 1.05 bits per heavy atom. The normalized spacial score (nSPS) is 17.5. The highest BCUT2D eigenvalue weighted by Crippen LogP contribution is 2.22. The quantitative estimate of drug-likeness (QED) is 0.789. The van der Waals surface area contributed by atoms with E-state index < -0.39 is 0 Å². The lowest BCUT2D eigenvalue weighted by Crippen LogP contribution is -2.50. The van der Waals surface area contributed by atoms with Gasteiger partial charge in [-0.25, -0.2) is 0 Å². The summed E-state index contributed by atoms with van der Waals surface area (Å²) in [5.74, 6) is -0.941. The Labute approximate surface area is 128 Å². The Hall–Kier alpha value is -1.92. The molecule has 1 saturated heterocycles. The van der Waals surface area contributed by atoms with E-state index in [1.54, 1.807) is 29.2 Å². The van der Waals surface area contributed by atoms with Gasteiger partial charge in [0.25, 0.3) is 11.8 Å². The number of amides is 3. The average Bonchev–Trinajstić information content (AvgIpc) is 2.74. The number of piperazine rings is 1. The van der Waals surface area contributed by atoms with E-state index >= 15 is 0 Å². The maximum Gasteiger partial charge on any atom is 0.262 e. The zero-order valence-corrected chi connectivity index (χ0v) is 12.2. The second-order valence-corrected chi connectivity index (χ2v) is 4.87. The van der Waals surface area contributed by atoms with Gasteiger partial charge >= 0.3 is 0 Å². The van der Waals surface area contributed by atoms with Crippen LogP contribution in [0.25, 0.3) is 0 Å². The van der Waals surface area contributed by atoms with Crippen molar-refractivity contribution in [2.24, 2.45) is 0 Å². The number of hydrogen-bond acceptors (Lipinski definition) is 4. The number of carbonyl (C=O) groups is 3. The molecule has 21 heavy (non-hydrogen) atoms. The van der Waals surface area contributed by atoms with Crippen LogP contribution in [0.15, 0.2) is 24.3 Å². The van der Waals surface area contributed by atoms with Gasteiger partial charge in [-0.2, -0.15) is 0 Å². The Kier molecular flexibility index (Phi) is 4.59. The lowest BCUT2D eigenvalue weighted by Gasteiger charge is -2.28. The van der Waals surface area contributed by atoms with E-state index in [2.05, 4.69) is 5.32 Å². The van der Waals surface area contributed by atoms with Gasteiger partial charge in [-0.15, -0.1) is 12.4 Å². The number of nitrogens with zero attached hydrogens (tertiary/aromatic N) is 2. The van der Waals surface area contributed by atoms with Crippen molar-refractivity contribution in [2.75, 3.05) is 32.7 Å². The minimum atomic E-state index is -0.380. The van der Waals surface area contributed by atoms with Crippen molar-refractivity contribution in [1.82, 2.24) is 15.1 Å². The third-order valence-corrected chi connectivity index (χ3v) is 3.64. The lowest BCUT2D eigenvalue weighted by atomic mass is 10.1. The van der Waals surface area contributed by atoms with Crippen LogP contribution in [0.1, 0.15) is 20.7 Å². The molecule has 0 bridgehead atoms. The van der Waals surface area contributed by atoms with Crippen molar-refractivity contribution in [2.45, 2.75) is 0 Å². The van der Waals surface area contributed by atoms with E-state index in [0.29, 0.717) is 24.2 Å². The molecule has 1 N–H and O–H groups in total. The molecule has 2 aliphatic heterocycles. The predicted molar refractivity (Wildman–Crippen MR) is 78.5 cm³/mol. The standard InChI is InChI=1S/C14H15N3O3.ClH/c18-12(16-7-5-15-6-8-16)9-17-13(19)10-3-1-2-4-11(10)14(17)20;/h1-4,15H,5-9H2;1H. The van der Waals surface area contributed by atoms with Gasteiger partial charge in [-0.1, -0.05) is 12.1 Å². The number of nitrogens with one attached hydrogen (secondary N) is 1. The van der Waals surface area contributed by atoms with Crippen LogP contribution >= 0.6 is 12.4 Å². The second-order valence-electron chi connectivity index (χ2n) is 4.87. The molecule has 1 aromatic rings. The molecule has 2 aliphatic rings. The molecular formula is C14H16ClN3O3. The lowest BCUT2D eigenvalue weighted by molar-refractivity contribution is -0.132. The topological polar surface area (TPSA) is 69.7 Å². The van der Waals surface area contributed by atoms with Gasteiger partial charge < -0.3 is 10.2 Å². The molecule has 1 fully saturated rings. The van der Waals surface area contributed by atoms with Crippen LogP contribution in [0.3, 0.4) is 0 Å². The summed E-state index contributed by atoms with van der Waals surface area (Å²) in [6, 6.07) is 6.66. The molecule has 0 spiro atoms. The largest absolute Gasteiger partial charge is 0.339 e. The van der Waals surface area contributed by atoms with Gasteiger partial charge in [0.15, 0.2) is 0 Å². The van der Waals surface area contributed by atoms with Crippen LogP contribution in [-0.4, -0.2) is 60.2 Å². The summed E-state index contributed by atoms with van der Waals surface area (Å²) >= 11 is 0. The molecule has 0 saturated carbocycles. The van der Waals surface area contributed by atoms with E-state index in [0.717, 1.165) is 18.0 Å². The maximum absolute atomic E-state index is 12.1. The molecule has 6 nitrogen and oxygen atoms in total. The summed E-state index contributed by atoms with van der Waals surface area (Å²) in [6.07, 6.45) is 0. The summed E-state index contributed by atoms with van der Waals surface area (Å²) in [5.41, 5.74) is 0.760. The molecule has 3 amide bonds. The molecular weight excluding hydrogens is 294 g/mol. The van der Waals surface area contributed by atoms with E-state index in [-0.39, 0.29) is 36.7 Å². The van der Waals surface area contributed by atoms with Crippen LogP contribution < -0.4 is 5.32 Å². The van der Waals surface area contributed by atoms with E-state index in [1.165, 1.54) is 0 Å². The fourth-order valence-electron chi connectivity index (χ4n) is 2.53. The van der Waals surface area contributed by atoms with Crippen molar-refractivity contribution in [3.63, 3.8) is 0 Å².